The highest BCUT2D eigenvalue weighted by atomic mass is 19.1. The summed E-state index contributed by atoms with van der Waals surface area (Å²) in [4.78, 5) is 26.4. The summed E-state index contributed by atoms with van der Waals surface area (Å²) in [5.41, 5.74) is 0.855. The van der Waals surface area contributed by atoms with Gasteiger partial charge in [0.2, 0.25) is 5.91 Å². The van der Waals surface area contributed by atoms with Gasteiger partial charge in [-0.15, -0.1) is 0 Å². The van der Waals surface area contributed by atoms with Crippen LogP contribution in [0.4, 0.5) is 20.6 Å². The number of nitriles is 1. The summed E-state index contributed by atoms with van der Waals surface area (Å²) < 4.78 is 20.0. The lowest BCUT2D eigenvalue weighted by Crippen LogP contribution is -2.37. The molecule has 9 heteroatoms. The van der Waals surface area contributed by atoms with Gasteiger partial charge in [0.25, 0.3) is 0 Å². The molecule has 1 aromatic rings. The first-order valence-electron chi connectivity index (χ1n) is 9.70. The molecule has 1 aromatic carbocycles. The lowest BCUT2D eigenvalue weighted by Gasteiger charge is -2.35. The number of anilines is 2. The van der Waals surface area contributed by atoms with Gasteiger partial charge in [-0.2, -0.15) is 5.26 Å². The van der Waals surface area contributed by atoms with Crippen molar-refractivity contribution >= 4 is 23.4 Å². The third-order valence-electron chi connectivity index (χ3n) is 5.51. The third kappa shape index (κ3) is 4.77. The molecule has 2 unspecified atom stereocenters. The molecule has 2 aliphatic rings. The first-order valence-corrected chi connectivity index (χ1v) is 9.70. The van der Waals surface area contributed by atoms with E-state index in [1.807, 2.05) is 4.90 Å². The molecule has 2 saturated heterocycles. The number of hydrogen-bond acceptors (Lipinski definition) is 6. The first kappa shape index (κ1) is 20.9. The van der Waals surface area contributed by atoms with Crippen molar-refractivity contribution in [1.82, 2.24) is 5.32 Å². The number of halogens is 1. The van der Waals surface area contributed by atoms with Crippen molar-refractivity contribution in [3.8, 4) is 6.07 Å². The molecule has 8 nitrogen and oxygen atoms in total. The summed E-state index contributed by atoms with van der Waals surface area (Å²) in [5.74, 6) is -0.906. The van der Waals surface area contributed by atoms with E-state index in [9.17, 15) is 19.1 Å². The SMILES string of the molecule is CC(=O)NCC1CN(c2ccc(N3CCC(C(C#N)CO)CC3)c(F)c2)C(=O)O1. The maximum atomic E-state index is 14.8. The summed E-state index contributed by atoms with van der Waals surface area (Å²) in [6.07, 6.45) is 0.375. The molecule has 0 aromatic heterocycles. The second kappa shape index (κ2) is 9.09. The van der Waals surface area contributed by atoms with Crippen molar-refractivity contribution in [2.45, 2.75) is 25.9 Å². The highest BCUT2D eigenvalue weighted by molar-refractivity contribution is 5.90. The standard InChI is InChI=1S/C20H25FN4O4/c1-13(27)23-10-17-11-25(20(28)29-17)16-2-3-19(18(21)8-16)24-6-4-14(5-7-24)15(9-22)12-26/h2-3,8,14-15,17,26H,4-7,10-12H2,1H3,(H,23,27). The van der Waals surface area contributed by atoms with Crippen LogP contribution in [-0.2, 0) is 9.53 Å². The topological polar surface area (TPSA) is 106 Å². The number of rotatable bonds is 6. The Hall–Kier alpha value is -2.86. The molecule has 2 atom stereocenters. The van der Waals surface area contributed by atoms with Gasteiger partial charge in [0.05, 0.1) is 43.1 Å². The maximum absolute atomic E-state index is 14.8. The Morgan fingerprint density at radius 1 is 1.45 bits per heavy atom. The van der Waals surface area contributed by atoms with Crippen molar-refractivity contribution in [2.75, 3.05) is 42.6 Å². The van der Waals surface area contributed by atoms with E-state index in [0.717, 1.165) is 0 Å². The Bertz CT molecular complexity index is 804. The molecule has 0 aliphatic carbocycles. The minimum Gasteiger partial charge on any atom is -0.442 e. The summed E-state index contributed by atoms with van der Waals surface area (Å²) in [5, 5.41) is 21.0. The van der Waals surface area contributed by atoms with Gasteiger partial charge in [0.1, 0.15) is 11.9 Å². The summed E-state index contributed by atoms with van der Waals surface area (Å²) in [6.45, 7) is 2.88. The van der Waals surface area contributed by atoms with Crippen LogP contribution in [0.2, 0.25) is 0 Å². The van der Waals surface area contributed by atoms with Crippen LogP contribution in [0.3, 0.4) is 0 Å². The summed E-state index contributed by atoms with van der Waals surface area (Å²) in [6, 6.07) is 6.77. The monoisotopic (exact) mass is 404 g/mol. The second-order valence-electron chi connectivity index (χ2n) is 7.43. The van der Waals surface area contributed by atoms with Gasteiger partial charge in [-0.05, 0) is 37.0 Å². The number of hydrogen-bond donors (Lipinski definition) is 2. The van der Waals surface area contributed by atoms with Crippen molar-refractivity contribution in [2.24, 2.45) is 11.8 Å². The minimum absolute atomic E-state index is 0.114. The van der Waals surface area contributed by atoms with Crippen LogP contribution in [0.15, 0.2) is 18.2 Å². The molecule has 2 aliphatic heterocycles. The number of carbonyl (C=O) groups is 2. The Labute approximate surface area is 168 Å². The number of piperidine rings is 1. The molecule has 156 valence electrons. The zero-order chi connectivity index (χ0) is 21.0. The molecule has 0 spiro atoms. The van der Waals surface area contributed by atoms with Crippen LogP contribution < -0.4 is 15.1 Å². The average molecular weight is 404 g/mol. The second-order valence-corrected chi connectivity index (χ2v) is 7.43. The highest BCUT2D eigenvalue weighted by Crippen LogP contribution is 2.32. The van der Waals surface area contributed by atoms with Gasteiger partial charge < -0.3 is 20.1 Å². The molecule has 0 saturated carbocycles. The van der Waals surface area contributed by atoms with E-state index >= 15 is 0 Å². The van der Waals surface area contributed by atoms with Crippen molar-refractivity contribution < 1.29 is 23.8 Å². The number of ether oxygens (including phenoxy) is 1. The van der Waals surface area contributed by atoms with E-state index in [1.165, 1.54) is 17.9 Å². The molecule has 29 heavy (non-hydrogen) atoms. The molecular formula is C20H25FN4O4. The smallest absolute Gasteiger partial charge is 0.414 e. The molecule has 3 rings (SSSR count). The number of cyclic esters (lactones) is 1. The van der Waals surface area contributed by atoms with Gasteiger partial charge in [-0.1, -0.05) is 0 Å². The number of carbonyl (C=O) groups excluding carboxylic acids is 2. The van der Waals surface area contributed by atoms with Crippen LogP contribution >= 0.6 is 0 Å². The minimum atomic E-state index is -0.570. The zero-order valence-electron chi connectivity index (χ0n) is 16.3. The Balaban J connectivity index is 1.63. The molecule has 0 bridgehead atoms. The van der Waals surface area contributed by atoms with Gasteiger partial charge in [0.15, 0.2) is 0 Å². The largest absolute Gasteiger partial charge is 0.442 e. The molecule has 0 radical (unpaired) electrons. The number of benzene rings is 1. The first-order chi connectivity index (χ1) is 13.9. The van der Waals surface area contributed by atoms with E-state index in [0.29, 0.717) is 37.3 Å². The van der Waals surface area contributed by atoms with Gasteiger partial charge >= 0.3 is 6.09 Å². The predicted molar refractivity (Wildman–Crippen MR) is 104 cm³/mol. The van der Waals surface area contributed by atoms with E-state index in [1.54, 1.807) is 12.1 Å². The van der Waals surface area contributed by atoms with Crippen LogP contribution in [0, 0.1) is 29.0 Å². The Morgan fingerprint density at radius 2 is 2.17 bits per heavy atom. The van der Waals surface area contributed by atoms with Crippen LogP contribution in [0.5, 0.6) is 0 Å². The number of amides is 2. The van der Waals surface area contributed by atoms with E-state index < -0.39 is 18.0 Å². The fraction of sp³-hybridized carbons (Fsp3) is 0.550. The van der Waals surface area contributed by atoms with Crippen LogP contribution in [-0.4, -0.2) is 56.0 Å². The van der Waals surface area contributed by atoms with Crippen LogP contribution in [0.1, 0.15) is 19.8 Å². The number of nitrogens with zero attached hydrogens (tertiary/aromatic N) is 3. The summed E-state index contributed by atoms with van der Waals surface area (Å²) >= 11 is 0. The predicted octanol–water partition coefficient (Wildman–Crippen LogP) is 1.64. The van der Waals surface area contributed by atoms with Crippen molar-refractivity contribution in [3.63, 3.8) is 0 Å². The average Bonchev–Trinajstić information content (AvgIpc) is 3.08. The van der Waals surface area contributed by atoms with E-state index in [2.05, 4.69) is 11.4 Å². The van der Waals surface area contributed by atoms with Crippen LogP contribution in [0.25, 0.3) is 0 Å². The summed E-state index contributed by atoms with van der Waals surface area (Å²) in [7, 11) is 0. The number of aliphatic hydroxyl groups is 1. The highest BCUT2D eigenvalue weighted by Gasteiger charge is 2.33. The molecule has 2 fully saturated rings. The van der Waals surface area contributed by atoms with Crippen molar-refractivity contribution in [3.05, 3.63) is 24.0 Å². The van der Waals surface area contributed by atoms with Gasteiger partial charge in [0, 0.05) is 20.0 Å². The molecular weight excluding hydrogens is 379 g/mol. The van der Waals surface area contributed by atoms with E-state index in [-0.39, 0.29) is 37.4 Å². The molecule has 2 heterocycles. The normalized spacial score (nSPS) is 20.9. The van der Waals surface area contributed by atoms with Gasteiger partial charge in [-0.25, -0.2) is 9.18 Å². The third-order valence-corrected chi connectivity index (χ3v) is 5.51. The zero-order valence-corrected chi connectivity index (χ0v) is 16.3. The molecule has 2 amide bonds. The fourth-order valence-electron chi connectivity index (χ4n) is 3.85. The number of aliphatic hydroxyl groups excluding tert-OH is 1. The Kier molecular flexibility index (Phi) is 6.54. The fourth-order valence-corrected chi connectivity index (χ4v) is 3.85. The lowest BCUT2D eigenvalue weighted by molar-refractivity contribution is -0.119. The quantitative estimate of drug-likeness (QED) is 0.747. The lowest BCUT2D eigenvalue weighted by atomic mass is 9.85. The Morgan fingerprint density at radius 3 is 2.76 bits per heavy atom. The maximum Gasteiger partial charge on any atom is 0.414 e. The van der Waals surface area contributed by atoms with Gasteiger partial charge in [-0.3, -0.25) is 9.69 Å². The van der Waals surface area contributed by atoms with Crippen molar-refractivity contribution in [1.29, 1.82) is 5.26 Å². The molecule has 2 N–H and O–H groups in total. The van der Waals surface area contributed by atoms with E-state index in [4.69, 9.17) is 10.00 Å². The number of nitrogens with one attached hydrogen (secondary N) is 1.